The van der Waals surface area contributed by atoms with E-state index in [1.807, 2.05) is 13.8 Å². The van der Waals surface area contributed by atoms with Crippen molar-refractivity contribution in [3.63, 3.8) is 0 Å². The maximum absolute atomic E-state index is 13.2. The fraction of sp³-hybridized carbons (Fsp3) is 0.273. The number of aryl methyl sites for hydroxylation is 1. The first-order valence-corrected chi connectivity index (χ1v) is 10.3. The van der Waals surface area contributed by atoms with Gasteiger partial charge in [0.1, 0.15) is 23.5 Å². The van der Waals surface area contributed by atoms with Crippen LogP contribution in [-0.2, 0) is 6.54 Å². The average Bonchev–Trinajstić information content (AvgIpc) is 2.73. The molecule has 4 N–H and O–H groups in total. The third-order valence-electron chi connectivity index (χ3n) is 4.70. The van der Waals surface area contributed by atoms with Crippen molar-refractivity contribution in [2.75, 3.05) is 18.2 Å². The molecule has 0 radical (unpaired) electrons. The van der Waals surface area contributed by atoms with Crippen LogP contribution in [0.4, 0.5) is 11.5 Å². The van der Waals surface area contributed by atoms with E-state index in [4.69, 9.17) is 22.1 Å². The normalized spacial score (nSPS) is 10.9. The number of carbonyl (C=O) groups is 1. The van der Waals surface area contributed by atoms with Gasteiger partial charge in [-0.25, -0.2) is 4.98 Å². The van der Waals surface area contributed by atoms with Crippen molar-refractivity contribution in [3.8, 4) is 11.4 Å². The zero-order valence-corrected chi connectivity index (χ0v) is 19.0. The fourth-order valence-electron chi connectivity index (χ4n) is 3.14. The molecule has 3 rings (SSSR count). The lowest BCUT2D eigenvalue weighted by molar-refractivity contribution is 0.102. The van der Waals surface area contributed by atoms with Crippen LogP contribution in [0.1, 0.15) is 35.3 Å². The van der Waals surface area contributed by atoms with E-state index in [9.17, 15) is 9.59 Å². The van der Waals surface area contributed by atoms with E-state index in [2.05, 4.69) is 20.6 Å². The molecule has 1 aromatic carbocycles. The number of nitrogens with zero attached hydrogens (tertiary/aromatic N) is 3. The summed E-state index contributed by atoms with van der Waals surface area (Å²) in [6.45, 7) is 6.43. The number of pyridine rings is 1. The lowest BCUT2D eigenvalue weighted by Gasteiger charge is -2.15. The average molecular weight is 457 g/mol. The highest BCUT2D eigenvalue weighted by Gasteiger charge is 2.21. The number of aromatic nitrogens is 3. The van der Waals surface area contributed by atoms with Crippen molar-refractivity contribution in [3.05, 3.63) is 69.0 Å². The number of rotatable bonds is 7. The van der Waals surface area contributed by atoms with Gasteiger partial charge >= 0.3 is 0 Å². The minimum absolute atomic E-state index is 0.184. The molecule has 0 aliphatic rings. The second-order valence-electron chi connectivity index (χ2n) is 7.53. The van der Waals surface area contributed by atoms with Crippen molar-refractivity contribution >= 4 is 29.0 Å². The summed E-state index contributed by atoms with van der Waals surface area (Å²) < 4.78 is 6.40. The highest BCUT2D eigenvalue weighted by atomic mass is 35.5. The van der Waals surface area contributed by atoms with Crippen LogP contribution >= 0.6 is 11.6 Å². The van der Waals surface area contributed by atoms with E-state index in [-0.39, 0.29) is 16.4 Å². The second-order valence-corrected chi connectivity index (χ2v) is 7.93. The van der Waals surface area contributed by atoms with E-state index in [1.165, 1.54) is 24.2 Å². The van der Waals surface area contributed by atoms with Crippen LogP contribution in [0.25, 0.3) is 5.69 Å². The van der Waals surface area contributed by atoms with Crippen molar-refractivity contribution in [2.45, 2.75) is 33.4 Å². The Morgan fingerprint density at radius 3 is 2.69 bits per heavy atom. The quantitative estimate of drug-likeness (QED) is 0.499. The van der Waals surface area contributed by atoms with Gasteiger partial charge in [0, 0.05) is 24.8 Å². The van der Waals surface area contributed by atoms with E-state index in [0.717, 1.165) is 5.56 Å². The lowest BCUT2D eigenvalue weighted by atomic mass is 10.1. The number of anilines is 2. The first kappa shape index (κ1) is 23.2. The molecule has 0 saturated heterocycles. The SMILES string of the molecule is COc1cc(C)c(-n2cnc(N)c(C(=O)Nc3cncc(CNC(C)C)c3)c2=O)c(Cl)c1. The molecular weight excluding hydrogens is 432 g/mol. The summed E-state index contributed by atoms with van der Waals surface area (Å²) in [5, 5.41) is 6.23. The molecule has 0 atom stereocenters. The molecule has 0 fully saturated rings. The van der Waals surface area contributed by atoms with Gasteiger partial charge in [0.05, 0.1) is 29.7 Å². The number of hydrogen-bond donors (Lipinski definition) is 3. The maximum atomic E-state index is 13.2. The molecule has 9 nitrogen and oxygen atoms in total. The van der Waals surface area contributed by atoms with E-state index in [1.54, 1.807) is 31.3 Å². The van der Waals surface area contributed by atoms with Crippen LogP contribution in [0.2, 0.25) is 5.02 Å². The summed E-state index contributed by atoms with van der Waals surface area (Å²) in [5.74, 6) is -0.325. The molecule has 0 saturated carbocycles. The number of methoxy groups -OCH3 is 1. The van der Waals surface area contributed by atoms with Crippen molar-refractivity contribution in [1.29, 1.82) is 0 Å². The van der Waals surface area contributed by atoms with Crippen LogP contribution in [-0.4, -0.2) is 33.6 Å². The minimum atomic E-state index is -0.688. The van der Waals surface area contributed by atoms with Gasteiger partial charge in [0.25, 0.3) is 11.5 Å². The number of carbonyl (C=O) groups excluding carboxylic acids is 1. The van der Waals surface area contributed by atoms with Crippen LogP contribution in [0.5, 0.6) is 5.75 Å². The maximum Gasteiger partial charge on any atom is 0.273 e. The molecule has 168 valence electrons. The van der Waals surface area contributed by atoms with Gasteiger partial charge in [-0.3, -0.25) is 19.1 Å². The third kappa shape index (κ3) is 5.06. The van der Waals surface area contributed by atoms with Crippen LogP contribution < -0.4 is 26.7 Å². The minimum Gasteiger partial charge on any atom is -0.497 e. The van der Waals surface area contributed by atoms with E-state index in [0.29, 0.717) is 35.3 Å². The Balaban J connectivity index is 1.96. The number of nitrogen functional groups attached to an aromatic ring is 1. The third-order valence-corrected chi connectivity index (χ3v) is 4.99. The zero-order chi connectivity index (χ0) is 23.4. The number of halogens is 1. The molecule has 0 spiro atoms. The predicted octanol–water partition coefficient (Wildman–Crippen LogP) is 2.93. The smallest absolute Gasteiger partial charge is 0.273 e. The van der Waals surface area contributed by atoms with Gasteiger partial charge in [0.2, 0.25) is 0 Å². The van der Waals surface area contributed by atoms with Crippen LogP contribution in [0.3, 0.4) is 0 Å². The van der Waals surface area contributed by atoms with Gasteiger partial charge in [-0.15, -0.1) is 0 Å². The Kier molecular flexibility index (Phi) is 7.12. The van der Waals surface area contributed by atoms with Gasteiger partial charge in [-0.2, -0.15) is 0 Å². The summed E-state index contributed by atoms with van der Waals surface area (Å²) >= 11 is 6.38. The number of benzene rings is 1. The van der Waals surface area contributed by atoms with Gasteiger partial charge in [-0.05, 0) is 30.2 Å². The Morgan fingerprint density at radius 2 is 2.03 bits per heavy atom. The molecule has 32 heavy (non-hydrogen) atoms. The van der Waals surface area contributed by atoms with E-state index >= 15 is 0 Å². The Labute approximate surface area is 190 Å². The largest absolute Gasteiger partial charge is 0.497 e. The number of nitrogens with two attached hydrogens (primary N) is 1. The summed E-state index contributed by atoms with van der Waals surface area (Å²) in [7, 11) is 1.52. The second kappa shape index (κ2) is 9.80. The molecule has 0 bridgehead atoms. The summed E-state index contributed by atoms with van der Waals surface area (Å²) in [4.78, 5) is 34.3. The number of ether oxygens (including phenoxy) is 1. The molecule has 0 unspecified atom stereocenters. The number of hydrogen-bond acceptors (Lipinski definition) is 7. The molecule has 2 heterocycles. The first-order valence-electron chi connectivity index (χ1n) is 9.91. The lowest BCUT2D eigenvalue weighted by Crippen LogP contribution is -2.31. The topological polar surface area (TPSA) is 124 Å². The van der Waals surface area contributed by atoms with Crippen LogP contribution in [0, 0.1) is 6.92 Å². The Morgan fingerprint density at radius 1 is 1.28 bits per heavy atom. The monoisotopic (exact) mass is 456 g/mol. The molecule has 0 aliphatic heterocycles. The Bertz CT molecular complexity index is 1190. The molecular formula is C22H25ClN6O3. The molecule has 10 heteroatoms. The molecule has 3 aromatic rings. The molecule has 0 aliphatic carbocycles. The van der Waals surface area contributed by atoms with Crippen LogP contribution in [0.15, 0.2) is 41.7 Å². The first-order chi connectivity index (χ1) is 15.2. The summed E-state index contributed by atoms with van der Waals surface area (Å²) in [5.41, 5.74) is 7.34. The van der Waals surface area contributed by atoms with Gasteiger partial charge < -0.3 is 21.1 Å². The predicted molar refractivity (Wildman–Crippen MR) is 125 cm³/mol. The van der Waals surface area contributed by atoms with Crippen molar-refractivity contribution in [1.82, 2.24) is 19.9 Å². The van der Waals surface area contributed by atoms with Crippen molar-refractivity contribution < 1.29 is 9.53 Å². The number of amides is 1. The summed E-state index contributed by atoms with van der Waals surface area (Å²) in [6.07, 6.45) is 4.44. The highest BCUT2D eigenvalue weighted by molar-refractivity contribution is 6.32. The van der Waals surface area contributed by atoms with Crippen molar-refractivity contribution in [2.24, 2.45) is 0 Å². The summed E-state index contributed by atoms with van der Waals surface area (Å²) in [6, 6.07) is 5.38. The molecule has 2 aromatic heterocycles. The van der Waals surface area contributed by atoms with E-state index < -0.39 is 11.5 Å². The highest BCUT2D eigenvalue weighted by Crippen LogP contribution is 2.28. The van der Waals surface area contributed by atoms with Gasteiger partial charge in [0.15, 0.2) is 0 Å². The van der Waals surface area contributed by atoms with Gasteiger partial charge in [-0.1, -0.05) is 25.4 Å². The molecule has 1 amide bonds. The fourth-order valence-corrected chi connectivity index (χ4v) is 3.48. The zero-order valence-electron chi connectivity index (χ0n) is 18.3. The standard InChI is InChI=1S/C22H25ClN6O3/c1-12(2)26-9-14-6-15(10-25-8-14)28-21(30)18-20(24)27-11-29(22(18)31)19-13(3)5-16(32-4)7-17(19)23/h5-8,10-12,26H,9,24H2,1-4H3,(H,28,30). The Hall–Kier alpha value is -3.43. The number of nitrogens with one attached hydrogen (secondary N) is 2.